The lowest BCUT2D eigenvalue weighted by atomic mass is 10.2. The van der Waals surface area contributed by atoms with E-state index < -0.39 is 0 Å². The molecule has 0 spiro atoms. The first-order valence-electron chi connectivity index (χ1n) is 6.88. The zero-order valence-electron chi connectivity index (χ0n) is 11.7. The van der Waals surface area contributed by atoms with E-state index in [4.69, 9.17) is 0 Å². The number of nitrogens with zero attached hydrogens (tertiary/aromatic N) is 1. The highest BCUT2D eigenvalue weighted by Gasteiger charge is 2.38. The first-order chi connectivity index (χ1) is 9.74. The molecule has 1 aliphatic heterocycles. The van der Waals surface area contributed by atoms with Crippen molar-refractivity contribution in [1.29, 1.82) is 0 Å². The fourth-order valence-electron chi connectivity index (χ4n) is 2.29. The number of benzene rings is 1. The highest BCUT2D eigenvalue weighted by molar-refractivity contribution is 7.98. The van der Waals surface area contributed by atoms with Crippen LogP contribution in [-0.2, 0) is 9.59 Å². The molecule has 1 saturated heterocycles. The van der Waals surface area contributed by atoms with Crippen LogP contribution in [-0.4, -0.2) is 36.4 Å². The number of amides is 2. The molecule has 1 aromatic rings. The molecule has 108 valence electrons. The molecule has 2 amide bonds. The first-order valence-corrected chi connectivity index (χ1v) is 8.27. The van der Waals surface area contributed by atoms with Gasteiger partial charge in [-0.1, -0.05) is 18.2 Å². The second kappa shape index (κ2) is 7.45. The number of rotatable bonds is 7. The number of carbonyl (C=O) groups is 2. The number of unbranched alkanes of at least 4 members (excludes halogenated alkanes) is 1. The zero-order valence-corrected chi connectivity index (χ0v) is 12.5. The lowest BCUT2D eigenvalue weighted by Gasteiger charge is -2.15. The van der Waals surface area contributed by atoms with Gasteiger partial charge in [0.2, 0.25) is 5.91 Å². The first kappa shape index (κ1) is 15.1. The fraction of sp³-hybridized carbons (Fsp3) is 0.467. The largest absolute Gasteiger partial charge is 0.305 e. The van der Waals surface area contributed by atoms with Crippen LogP contribution in [0.5, 0.6) is 0 Å². The summed E-state index contributed by atoms with van der Waals surface area (Å²) in [7, 11) is 0. The maximum Gasteiger partial charge on any atom is 0.251 e. The summed E-state index contributed by atoms with van der Waals surface area (Å²) in [5.41, 5.74) is 0.661. The Morgan fingerprint density at radius 3 is 2.70 bits per heavy atom. The van der Waals surface area contributed by atoms with E-state index in [0.717, 1.165) is 25.1 Å². The summed E-state index contributed by atoms with van der Waals surface area (Å²) in [6.45, 7) is 0.785. The minimum absolute atomic E-state index is 0.122. The predicted molar refractivity (Wildman–Crippen MR) is 83.0 cm³/mol. The number of thioether (sulfide) groups is 1. The molecule has 20 heavy (non-hydrogen) atoms. The lowest BCUT2D eigenvalue weighted by Crippen LogP contribution is -2.39. The van der Waals surface area contributed by atoms with Gasteiger partial charge >= 0.3 is 0 Å². The third-order valence-electron chi connectivity index (χ3n) is 3.33. The molecule has 1 fully saturated rings. The molecule has 0 saturated carbocycles. The Kier molecular flexibility index (Phi) is 5.61. The molecule has 1 heterocycles. The number of carbonyl (C=O) groups excluding carboxylic acids is 2. The summed E-state index contributed by atoms with van der Waals surface area (Å²) in [5.74, 6) is 0.879. The number of nitrogens with one attached hydrogen (secondary N) is 1. The zero-order chi connectivity index (χ0) is 14.4. The molecular weight excluding hydrogens is 272 g/mol. The van der Waals surface area contributed by atoms with Crippen molar-refractivity contribution in [1.82, 2.24) is 5.32 Å². The van der Waals surface area contributed by atoms with Gasteiger partial charge in [-0.15, -0.1) is 0 Å². The molecule has 0 bridgehead atoms. The second-order valence-corrected chi connectivity index (χ2v) is 5.80. The third kappa shape index (κ3) is 3.61. The van der Waals surface area contributed by atoms with Gasteiger partial charge in [-0.2, -0.15) is 11.8 Å². The Morgan fingerprint density at radius 2 is 2.00 bits per heavy atom. The molecule has 1 N–H and O–H groups in total. The summed E-state index contributed by atoms with van der Waals surface area (Å²) in [4.78, 5) is 25.6. The minimum Gasteiger partial charge on any atom is -0.305 e. The highest BCUT2D eigenvalue weighted by Crippen LogP contribution is 2.22. The number of para-hydroxylation sites is 1. The number of hydrogen-bond acceptors (Lipinski definition) is 4. The van der Waals surface area contributed by atoms with Crippen LogP contribution in [0.25, 0.3) is 0 Å². The maximum atomic E-state index is 12.3. The van der Waals surface area contributed by atoms with E-state index in [1.165, 1.54) is 4.90 Å². The summed E-state index contributed by atoms with van der Waals surface area (Å²) < 4.78 is 0. The van der Waals surface area contributed by atoms with E-state index in [-0.39, 0.29) is 24.3 Å². The third-order valence-corrected chi connectivity index (χ3v) is 4.02. The van der Waals surface area contributed by atoms with Crippen molar-refractivity contribution < 1.29 is 9.59 Å². The molecule has 0 aliphatic carbocycles. The monoisotopic (exact) mass is 292 g/mol. The van der Waals surface area contributed by atoms with Crippen molar-refractivity contribution in [3.63, 3.8) is 0 Å². The van der Waals surface area contributed by atoms with Crippen LogP contribution in [0.3, 0.4) is 0 Å². The normalized spacial score (nSPS) is 18.9. The molecule has 2 rings (SSSR count). The van der Waals surface area contributed by atoms with Crippen LogP contribution < -0.4 is 10.2 Å². The number of hydrogen-bond donors (Lipinski definition) is 1. The van der Waals surface area contributed by atoms with Gasteiger partial charge in [-0.3, -0.25) is 9.59 Å². The molecule has 1 unspecified atom stereocenters. The molecule has 1 aliphatic rings. The maximum absolute atomic E-state index is 12.3. The van der Waals surface area contributed by atoms with Crippen molar-refractivity contribution in [2.75, 3.05) is 23.5 Å². The van der Waals surface area contributed by atoms with Gasteiger partial charge < -0.3 is 5.32 Å². The van der Waals surface area contributed by atoms with Crippen molar-refractivity contribution >= 4 is 29.3 Å². The topological polar surface area (TPSA) is 49.4 Å². The van der Waals surface area contributed by atoms with E-state index in [9.17, 15) is 9.59 Å². The summed E-state index contributed by atoms with van der Waals surface area (Å²) in [6, 6.07) is 8.75. The van der Waals surface area contributed by atoms with Crippen LogP contribution in [0.1, 0.15) is 19.3 Å². The van der Waals surface area contributed by atoms with Crippen molar-refractivity contribution in [3.8, 4) is 0 Å². The molecule has 1 aromatic carbocycles. The van der Waals surface area contributed by atoms with Crippen LogP contribution in [0.2, 0.25) is 0 Å². The SMILES string of the molecule is CSCCCCNC1CC(=O)N(c2ccccc2)C1=O. The van der Waals surface area contributed by atoms with E-state index in [2.05, 4.69) is 11.6 Å². The van der Waals surface area contributed by atoms with Gasteiger partial charge in [0.05, 0.1) is 18.2 Å². The lowest BCUT2D eigenvalue weighted by molar-refractivity contribution is -0.121. The molecule has 4 nitrogen and oxygen atoms in total. The number of anilines is 1. The van der Waals surface area contributed by atoms with E-state index in [0.29, 0.717) is 5.69 Å². The minimum atomic E-state index is -0.364. The Morgan fingerprint density at radius 1 is 1.25 bits per heavy atom. The van der Waals surface area contributed by atoms with Gasteiger partial charge in [0.25, 0.3) is 5.91 Å². The molecule has 1 atom stereocenters. The Bertz CT molecular complexity index is 464. The van der Waals surface area contributed by atoms with Crippen LogP contribution >= 0.6 is 11.8 Å². The van der Waals surface area contributed by atoms with E-state index in [1.54, 1.807) is 12.1 Å². The Hall–Kier alpha value is -1.33. The second-order valence-electron chi connectivity index (χ2n) is 4.81. The van der Waals surface area contributed by atoms with Gasteiger partial charge in [0.15, 0.2) is 0 Å². The van der Waals surface area contributed by atoms with Crippen molar-refractivity contribution in [3.05, 3.63) is 30.3 Å². The molecular formula is C15H20N2O2S. The average Bonchev–Trinajstić information content (AvgIpc) is 2.74. The van der Waals surface area contributed by atoms with E-state index >= 15 is 0 Å². The Labute approximate surface area is 123 Å². The molecule has 0 aromatic heterocycles. The van der Waals surface area contributed by atoms with Crippen LogP contribution in [0.4, 0.5) is 5.69 Å². The van der Waals surface area contributed by atoms with Crippen molar-refractivity contribution in [2.24, 2.45) is 0 Å². The average molecular weight is 292 g/mol. The quantitative estimate of drug-likeness (QED) is 0.617. The summed E-state index contributed by atoms with van der Waals surface area (Å²) in [6.07, 6.45) is 4.51. The molecule has 5 heteroatoms. The van der Waals surface area contributed by atoms with Gasteiger partial charge in [-0.25, -0.2) is 4.90 Å². The van der Waals surface area contributed by atoms with Crippen LogP contribution in [0, 0.1) is 0 Å². The highest BCUT2D eigenvalue weighted by atomic mass is 32.2. The smallest absolute Gasteiger partial charge is 0.251 e. The van der Waals surface area contributed by atoms with Gasteiger partial charge in [0, 0.05) is 0 Å². The van der Waals surface area contributed by atoms with Crippen LogP contribution in [0.15, 0.2) is 30.3 Å². The van der Waals surface area contributed by atoms with Gasteiger partial charge in [0.1, 0.15) is 0 Å². The van der Waals surface area contributed by atoms with E-state index in [1.807, 2.05) is 30.0 Å². The number of imide groups is 1. The van der Waals surface area contributed by atoms with Gasteiger partial charge in [-0.05, 0) is 43.5 Å². The Balaban J connectivity index is 1.89. The molecule has 0 radical (unpaired) electrons. The predicted octanol–water partition coefficient (Wildman–Crippen LogP) is 2.05. The summed E-state index contributed by atoms with van der Waals surface area (Å²) in [5, 5.41) is 3.20. The fourth-order valence-corrected chi connectivity index (χ4v) is 2.78. The summed E-state index contributed by atoms with van der Waals surface area (Å²) >= 11 is 1.83. The standard InChI is InChI=1S/C15H20N2O2S/c1-20-10-6-5-9-16-13-11-14(18)17(15(13)19)12-7-3-2-4-8-12/h2-4,7-8,13,16H,5-6,9-11H2,1H3. The van der Waals surface area contributed by atoms with Crippen molar-refractivity contribution in [2.45, 2.75) is 25.3 Å².